The Morgan fingerprint density at radius 2 is 2.35 bits per heavy atom. The number of hydrogen-bond donors (Lipinski definition) is 1. The minimum absolute atomic E-state index is 0.563. The number of piperazine rings is 1. The monoisotopic (exact) mass is 253 g/mol. The largest absolute Gasteiger partial charge is 0.373 e. The molecule has 4 heteroatoms. The molecule has 0 bridgehead atoms. The van der Waals surface area contributed by atoms with Gasteiger partial charge in [0.25, 0.3) is 0 Å². The first-order chi connectivity index (χ1) is 8.16. The van der Waals surface area contributed by atoms with Crippen molar-refractivity contribution in [2.75, 3.05) is 45.2 Å². The average Bonchev–Trinajstić information content (AvgIpc) is 2.32. The Morgan fingerprint density at radius 3 is 3.06 bits per heavy atom. The lowest BCUT2D eigenvalue weighted by Gasteiger charge is -2.36. The van der Waals surface area contributed by atoms with Gasteiger partial charge in [0.15, 0.2) is 0 Å². The second-order valence-electron chi connectivity index (χ2n) is 4.70. The highest BCUT2D eigenvalue weighted by molar-refractivity contribution is 6.30. The molecule has 1 unspecified atom stereocenters. The predicted molar refractivity (Wildman–Crippen MR) is 74.0 cm³/mol. The zero-order chi connectivity index (χ0) is 12.3. The molecule has 1 aromatic rings. The van der Waals surface area contributed by atoms with E-state index in [1.807, 2.05) is 18.2 Å². The third kappa shape index (κ3) is 3.35. The fourth-order valence-corrected chi connectivity index (χ4v) is 2.39. The molecule has 0 aliphatic carbocycles. The molecule has 1 saturated heterocycles. The first-order valence-corrected chi connectivity index (χ1v) is 6.42. The summed E-state index contributed by atoms with van der Waals surface area (Å²) < 4.78 is 0. The Kier molecular flexibility index (Phi) is 4.26. The molecule has 0 saturated carbocycles. The molecular weight excluding hydrogens is 234 g/mol. The second kappa shape index (κ2) is 5.71. The lowest BCUT2D eigenvalue weighted by Crippen LogP contribution is -2.53. The van der Waals surface area contributed by atoms with Crippen LogP contribution >= 0.6 is 11.6 Å². The van der Waals surface area contributed by atoms with E-state index < -0.39 is 0 Å². The SMILES string of the molecule is CN(CC1CNCCN1C)c1cccc(Cl)c1. The molecule has 17 heavy (non-hydrogen) atoms. The normalized spacial score (nSPS) is 21.5. The maximum atomic E-state index is 6.01. The van der Waals surface area contributed by atoms with Crippen LogP contribution in [0.1, 0.15) is 0 Å². The van der Waals surface area contributed by atoms with Gasteiger partial charge in [-0.05, 0) is 25.2 Å². The third-order valence-corrected chi connectivity index (χ3v) is 3.61. The van der Waals surface area contributed by atoms with Gasteiger partial charge in [-0.15, -0.1) is 0 Å². The van der Waals surface area contributed by atoms with E-state index in [0.717, 1.165) is 31.2 Å². The molecule has 0 spiro atoms. The van der Waals surface area contributed by atoms with Crippen molar-refractivity contribution in [2.45, 2.75) is 6.04 Å². The summed E-state index contributed by atoms with van der Waals surface area (Å²) in [5.41, 5.74) is 1.18. The summed E-state index contributed by atoms with van der Waals surface area (Å²) in [5.74, 6) is 0. The van der Waals surface area contributed by atoms with Crippen molar-refractivity contribution in [3.63, 3.8) is 0 Å². The number of hydrogen-bond acceptors (Lipinski definition) is 3. The van der Waals surface area contributed by atoms with Gasteiger partial charge in [-0.1, -0.05) is 17.7 Å². The highest BCUT2D eigenvalue weighted by atomic mass is 35.5. The van der Waals surface area contributed by atoms with Crippen molar-refractivity contribution < 1.29 is 0 Å². The van der Waals surface area contributed by atoms with E-state index in [4.69, 9.17) is 11.6 Å². The van der Waals surface area contributed by atoms with Crippen LogP contribution in [0.3, 0.4) is 0 Å². The van der Waals surface area contributed by atoms with Gasteiger partial charge in [0, 0.05) is 50.0 Å². The highest BCUT2D eigenvalue weighted by Crippen LogP contribution is 2.19. The Bertz CT molecular complexity index is 369. The van der Waals surface area contributed by atoms with E-state index in [2.05, 4.69) is 35.3 Å². The highest BCUT2D eigenvalue weighted by Gasteiger charge is 2.20. The van der Waals surface area contributed by atoms with E-state index in [1.54, 1.807) is 0 Å². The molecule has 1 aromatic carbocycles. The quantitative estimate of drug-likeness (QED) is 0.884. The van der Waals surface area contributed by atoms with E-state index in [1.165, 1.54) is 5.69 Å². The number of rotatable bonds is 3. The molecule has 94 valence electrons. The number of halogens is 1. The smallest absolute Gasteiger partial charge is 0.0426 e. The molecular formula is C13H20ClN3. The van der Waals surface area contributed by atoms with Crippen LogP contribution in [-0.2, 0) is 0 Å². The standard InChI is InChI=1S/C13H20ClN3/c1-16-7-6-15-9-13(16)10-17(2)12-5-3-4-11(14)8-12/h3-5,8,13,15H,6-7,9-10H2,1-2H3. The summed E-state index contributed by atoms with van der Waals surface area (Å²) in [6, 6.07) is 8.58. The number of nitrogens with one attached hydrogen (secondary N) is 1. The van der Waals surface area contributed by atoms with Crippen molar-refractivity contribution in [1.29, 1.82) is 0 Å². The average molecular weight is 254 g/mol. The first-order valence-electron chi connectivity index (χ1n) is 6.04. The molecule has 2 rings (SSSR count). The van der Waals surface area contributed by atoms with Gasteiger partial charge in [-0.25, -0.2) is 0 Å². The molecule has 1 aliphatic rings. The van der Waals surface area contributed by atoms with E-state index >= 15 is 0 Å². The molecule has 0 amide bonds. The van der Waals surface area contributed by atoms with Crippen LogP contribution in [0, 0.1) is 0 Å². The summed E-state index contributed by atoms with van der Waals surface area (Å²) in [6.45, 7) is 4.28. The fraction of sp³-hybridized carbons (Fsp3) is 0.538. The lowest BCUT2D eigenvalue weighted by atomic mass is 10.2. The Hall–Kier alpha value is -0.770. The topological polar surface area (TPSA) is 18.5 Å². The molecule has 1 fully saturated rings. The number of benzene rings is 1. The summed E-state index contributed by atoms with van der Waals surface area (Å²) >= 11 is 6.01. The van der Waals surface area contributed by atoms with E-state index in [-0.39, 0.29) is 0 Å². The van der Waals surface area contributed by atoms with Crippen molar-refractivity contribution >= 4 is 17.3 Å². The second-order valence-corrected chi connectivity index (χ2v) is 5.14. The molecule has 1 aliphatic heterocycles. The molecule has 0 aromatic heterocycles. The van der Waals surface area contributed by atoms with Crippen molar-refractivity contribution in [2.24, 2.45) is 0 Å². The minimum Gasteiger partial charge on any atom is -0.373 e. The number of nitrogens with zero attached hydrogens (tertiary/aromatic N) is 2. The van der Waals surface area contributed by atoms with Crippen LogP contribution in [0.2, 0.25) is 5.02 Å². The Labute approximate surface area is 108 Å². The number of anilines is 1. The molecule has 1 atom stereocenters. The van der Waals surface area contributed by atoms with Gasteiger partial charge in [0.05, 0.1) is 0 Å². The summed E-state index contributed by atoms with van der Waals surface area (Å²) in [4.78, 5) is 4.68. The maximum Gasteiger partial charge on any atom is 0.0426 e. The van der Waals surface area contributed by atoms with Crippen LogP contribution in [0.25, 0.3) is 0 Å². The van der Waals surface area contributed by atoms with Gasteiger partial charge >= 0.3 is 0 Å². The summed E-state index contributed by atoms with van der Waals surface area (Å²) in [7, 11) is 4.31. The lowest BCUT2D eigenvalue weighted by molar-refractivity contribution is 0.204. The Balaban J connectivity index is 1.98. The van der Waals surface area contributed by atoms with Crippen LogP contribution < -0.4 is 10.2 Å². The van der Waals surface area contributed by atoms with Crippen molar-refractivity contribution in [3.05, 3.63) is 29.3 Å². The molecule has 0 radical (unpaired) electrons. The van der Waals surface area contributed by atoms with Gasteiger partial charge in [0.1, 0.15) is 0 Å². The van der Waals surface area contributed by atoms with Gasteiger partial charge < -0.3 is 10.2 Å². The van der Waals surface area contributed by atoms with Gasteiger partial charge in [-0.3, -0.25) is 4.90 Å². The van der Waals surface area contributed by atoms with E-state index in [0.29, 0.717) is 6.04 Å². The maximum absolute atomic E-state index is 6.01. The molecule has 1 N–H and O–H groups in total. The third-order valence-electron chi connectivity index (χ3n) is 3.38. The Morgan fingerprint density at radius 1 is 1.53 bits per heavy atom. The first kappa shape index (κ1) is 12.7. The summed E-state index contributed by atoms with van der Waals surface area (Å²) in [6.07, 6.45) is 0. The van der Waals surface area contributed by atoms with E-state index in [9.17, 15) is 0 Å². The van der Waals surface area contributed by atoms with Crippen LogP contribution in [0.4, 0.5) is 5.69 Å². The van der Waals surface area contributed by atoms with Gasteiger partial charge in [0.2, 0.25) is 0 Å². The van der Waals surface area contributed by atoms with Crippen molar-refractivity contribution in [1.82, 2.24) is 10.2 Å². The summed E-state index contributed by atoms with van der Waals surface area (Å²) in [5, 5.41) is 4.23. The molecule has 1 heterocycles. The minimum atomic E-state index is 0.563. The zero-order valence-corrected chi connectivity index (χ0v) is 11.2. The van der Waals surface area contributed by atoms with Gasteiger partial charge in [-0.2, -0.15) is 0 Å². The van der Waals surface area contributed by atoms with Crippen LogP contribution in [-0.4, -0.2) is 51.2 Å². The van der Waals surface area contributed by atoms with Crippen molar-refractivity contribution in [3.8, 4) is 0 Å². The van der Waals surface area contributed by atoms with Crippen LogP contribution in [0.5, 0.6) is 0 Å². The molecule has 3 nitrogen and oxygen atoms in total. The van der Waals surface area contributed by atoms with Crippen LogP contribution in [0.15, 0.2) is 24.3 Å². The number of likely N-dealkylation sites (N-methyl/N-ethyl adjacent to an activating group) is 2. The fourth-order valence-electron chi connectivity index (χ4n) is 2.20. The predicted octanol–water partition coefficient (Wildman–Crippen LogP) is 1.68. The zero-order valence-electron chi connectivity index (χ0n) is 10.5.